The molecule has 12 heteroatoms. The van der Waals surface area contributed by atoms with Gasteiger partial charge in [0, 0.05) is 69.2 Å². The van der Waals surface area contributed by atoms with Gasteiger partial charge in [-0.1, -0.05) is 6.07 Å². The number of amides is 1. The van der Waals surface area contributed by atoms with Crippen LogP contribution in [0.2, 0.25) is 0 Å². The number of carbonyl (C=O) groups is 1. The highest BCUT2D eigenvalue weighted by atomic mass is 19.4. The first-order valence-corrected chi connectivity index (χ1v) is 11.5. The molecule has 0 bridgehead atoms. The van der Waals surface area contributed by atoms with Crippen LogP contribution in [0.3, 0.4) is 0 Å². The van der Waals surface area contributed by atoms with Crippen molar-refractivity contribution in [3.05, 3.63) is 93.5 Å². The van der Waals surface area contributed by atoms with Crippen molar-refractivity contribution in [3.8, 4) is 11.1 Å². The Morgan fingerprint density at radius 2 is 1.81 bits per heavy atom. The molecule has 0 unspecified atom stereocenters. The first kappa shape index (κ1) is 25.7. The predicted octanol–water partition coefficient (Wildman–Crippen LogP) is 2.89. The van der Waals surface area contributed by atoms with E-state index in [9.17, 15) is 22.8 Å². The minimum Gasteiger partial charge on any atom is -0.348 e. The Morgan fingerprint density at radius 3 is 2.43 bits per heavy atom. The van der Waals surface area contributed by atoms with E-state index in [1.54, 1.807) is 66.9 Å². The Hall–Kier alpha value is -4.35. The highest BCUT2D eigenvalue weighted by Crippen LogP contribution is 2.36. The lowest BCUT2D eigenvalue weighted by Gasteiger charge is -2.13. The van der Waals surface area contributed by atoms with Crippen molar-refractivity contribution in [3.63, 3.8) is 0 Å². The van der Waals surface area contributed by atoms with Crippen molar-refractivity contribution in [2.75, 3.05) is 0 Å². The number of nitrogens with zero attached hydrogens (tertiary/aromatic N) is 5. The molecule has 0 aliphatic carbocycles. The molecule has 9 nitrogen and oxygen atoms in total. The molecule has 1 aromatic carbocycles. The molecule has 194 valence electrons. The minimum absolute atomic E-state index is 0.123. The van der Waals surface area contributed by atoms with Crippen molar-refractivity contribution in [1.29, 1.82) is 5.41 Å². The van der Waals surface area contributed by atoms with E-state index < -0.39 is 17.8 Å². The summed E-state index contributed by atoms with van der Waals surface area (Å²) in [4.78, 5) is 24.7. The molecule has 0 aliphatic heterocycles. The lowest BCUT2D eigenvalue weighted by atomic mass is 9.99. The van der Waals surface area contributed by atoms with E-state index in [0.29, 0.717) is 11.1 Å². The Balaban J connectivity index is 1.75. The van der Waals surface area contributed by atoms with Gasteiger partial charge in [0.15, 0.2) is 5.69 Å². The Bertz CT molecular complexity index is 1570. The maximum absolute atomic E-state index is 13.8. The highest BCUT2D eigenvalue weighted by Gasteiger charge is 2.37. The third-order valence-electron chi connectivity index (χ3n) is 5.95. The maximum atomic E-state index is 13.8. The van der Waals surface area contributed by atoms with Crippen molar-refractivity contribution >= 4 is 5.91 Å². The van der Waals surface area contributed by atoms with Gasteiger partial charge in [0.25, 0.3) is 5.91 Å². The normalized spacial score (nSPS) is 11.6. The number of carbonyl (C=O) groups excluding carboxylic acids is 1. The van der Waals surface area contributed by atoms with E-state index in [4.69, 9.17) is 5.41 Å². The van der Waals surface area contributed by atoms with Gasteiger partial charge >= 0.3 is 6.18 Å². The van der Waals surface area contributed by atoms with Gasteiger partial charge in [-0.2, -0.15) is 18.3 Å². The summed E-state index contributed by atoms with van der Waals surface area (Å²) >= 11 is 0. The number of hydrogen-bond donors (Lipinski definition) is 2. The summed E-state index contributed by atoms with van der Waals surface area (Å²) in [5.41, 5.74) is 0.441. The second-order valence-corrected chi connectivity index (χ2v) is 8.69. The lowest BCUT2D eigenvalue weighted by molar-refractivity contribution is -0.141. The van der Waals surface area contributed by atoms with Crippen molar-refractivity contribution in [2.24, 2.45) is 14.1 Å². The third kappa shape index (κ3) is 5.57. The average molecular weight is 514 g/mol. The first-order chi connectivity index (χ1) is 17.5. The molecule has 3 heterocycles. The van der Waals surface area contributed by atoms with Crippen LogP contribution in [0.5, 0.6) is 0 Å². The predicted molar refractivity (Wildman–Crippen MR) is 130 cm³/mol. The SMILES string of the molecule is CCn1cc(-c2cc(Cn3ccn(C)c3=N)cc(C(=O)NCc3ccc(=O)n(C)c3)c2)c(C(F)(F)F)n1. The van der Waals surface area contributed by atoms with E-state index in [2.05, 4.69) is 10.4 Å². The van der Waals surface area contributed by atoms with Crippen LogP contribution in [0.1, 0.15) is 34.1 Å². The molecule has 37 heavy (non-hydrogen) atoms. The topological polar surface area (TPSA) is 103 Å². The first-order valence-electron chi connectivity index (χ1n) is 11.5. The number of aromatic nitrogens is 5. The van der Waals surface area contributed by atoms with Gasteiger partial charge in [-0.3, -0.25) is 19.7 Å². The number of halogens is 3. The van der Waals surface area contributed by atoms with Crippen molar-refractivity contribution in [1.82, 2.24) is 28.8 Å². The number of rotatable bonds is 7. The second kappa shape index (κ2) is 9.96. The summed E-state index contributed by atoms with van der Waals surface area (Å²) in [6, 6.07) is 7.57. The monoisotopic (exact) mass is 513 g/mol. The summed E-state index contributed by atoms with van der Waals surface area (Å²) < 4.78 is 47.2. The average Bonchev–Trinajstić information content (AvgIpc) is 3.44. The minimum atomic E-state index is -4.68. The number of hydrogen-bond acceptors (Lipinski definition) is 4. The van der Waals surface area contributed by atoms with Gasteiger partial charge in [0.05, 0.1) is 6.54 Å². The van der Waals surface area contributed by atoms with Gasteiger partial charge in [-0.15, -0.1) is 0 Å². The Morgan fingerprint density at radius 1 is 1.05 bits per heavy atom. The molecule has 0 spiro atoms. The Kier molecular flexibility index (Phi) is 6.92. The molecule has 0 aliphatic rings. The summed E-state index contributed by atoms with van der Waals surface area (Å²) in [7, 11) is 3.31. The summed E-state index contributed by atoms with van der Waals surface area (Å²) in [6.45, 7) is 2.24. The third-order valence-corrected chi connectivity index (χ3v) is 5.95. The zero-order valence-electron chi connectivity index (χ0n) is 20.5. The molecule has 2 N–H and O–H groups in total. The fraction of sp³-hybridized carbons (Fsp3) is 0.280. The van der Waals surface area contributed by atoms with E-state index in [0.717, 1.165) is 0 Å². The number of pyridine rings is 1. The number of alkyl halides is 3. The fourth-order valence-corrected chi connectivity index (χ4v) is 3.96. The number of nitrogens with one attached hydrogen (secondary N) is 2. The van der Waals surface area contributed by atoms with Gasteiger partial charge in [-0.05, 0) is 41.8 Å². The molecule has 0 atom stereocenters. The summed E-state index contributed by atoms with van der Waals surface area (Å²) in [5.74, 6) is -0.488. The van der Waals surface area contributed by atoms with Crippen LogP contribution in [0, 0.1) is 5.41 Å². The van der Waals surface area contributed by atoms with E-state index in [-0.39, 0.29) is 47.5 Å². The van der Waals surface area contributed by atoms with Crippen LogP contribution in [-0.4, -0.2) is 29.4 Å². The van der Waals surface area contributed by atoms with Gasteiger partial charge < -0.3 is 19.0 Å². The lowest BCUT2D eigenvalue weighted by Crippen LogP contribution is -2.25. The zero-order valence-corrected chi connectivity index (χ0v) is 20.5. The molecule has 0 saturated carbocycles. The molecule has 4 aromatic rings. The molecule has 0 saturated heterocycles. The maximum Gasteiger partial charge on any atom is 0.435 e. The van der Waals surface area contributed by atoms with E-state index >= 15 is 0 Å². The molecule has 3 aromatic heterocycles. The summed E-state index contributed by atoms with van der Waals surface area (Å²) in [6.07, 6.45) is 1.62. The van der Waals surface area contributed by atoms with Crippen LogP contribution in [0.25, 0.3) is 11.1 Å². The van der Waals surface area contributed by atoms with Crippen LogP contribution in [0.4, 0.5) is 13.2 Å². The quantitative estimate of drug-likeness (QED) is 0.397. The number of imidazole rings is 1. The molecule has 1 amide bonds. The molecule has 0 fully saturated rings. The smallest absolute Gasteiger partial charge is 0.348 e. The number of benzene rings is 1. The molecular weight excluding hydrogens is 487 g/mol. The molecule has 0 radical (unpaired) electrons. The molecular formula is C25H26F3N7O2. The van der Waals surface area contributed by atoms with Crippen molar-refractivity contribution < 1.29 is 18.0 Å². The van der Waals surface area contributed by atoms with Crippen LogP contribution < -0.4 is 16.5 Å². The standard InChI is InChI=1S/C25H26F3N7O2/c1-4-35-15-20(22(31-35)25(26,27)28)18-9-17(14-34-8-7-32(2)24(34)29)10-19(11-18)23(37)30-12-16-5-6-21(36)33(3)13-16/h5-11,13,15,29H,4,12,14H2,1-3H3,(H,30,37). The Labute approximate surface area is 209 Å². The van der Waals surface area contributed by atoms with E-state index in [1.807, 2.05) is 0 Å². The van der Waals surface area contributed by atoms with Crippen LogP contribution in [-0.2, 0) is 39.9 Å². The fourth-order valence-electron chi connectivity index (χ4n) is 3.96. The highest BCUT2D eigenvalue weighted by molar-refractivity contribution is 5.95. The van der Waals surface area contributed by atoms with Gasteiger partial charge in [0.1, 0.15) is 0 Å². The van der Waals surface area contributed by atoms with Crippen LogP contribution in [0.15, 0.2) is 59.9 Å². The van der Waals surface area contributed by atoms with E-state index in [1.165, 1.54) is 27.6 Å². The molecule has 4 rings (SSSR count). The van der Waals surface area contributed by atoms with Crippen LogP contribution >= 0.6 is 0 Å². The van der Waals surface area contributed by atoms with Gasteiger partial charge in [0.2, 0.25) is 11.2 Å². The second-order valence-electron chi connectivity index (χ2n) is 8.69. The zero-order chi connectivity index (χ0) is 26.9. The van der Waals surface area contributed by atoms with Crippen molar-refractivity contribution in [2.45, 2.75) is 32.7 Å². The number of aryl methyl sites for hydroxylation is 3. The van der Waals surface area contributed by atoms with Gasteiger partial charge in [-0.25, -0.2) is 0 Å². The largest absolute Gasteiger partial charge is 0.435 e. The summed E-state index contributed by atoms with van der Waals surface area (Å²) in [5, 5.41) is 14.6.